The van der Waals surface area contributed by atoms with Crippen LogP contribution in [0.1, 0.15) is 36.5 Å². The van der Waals surface area contributed by atoms with E-state index >= 15 is 0 Å². The Labute approximate surface area is 116 Å². The third-order valence-electron chi connectivity index (χ3n) is 3.58. The summed E-state index contributed by atoms with van der Waals surface area (Å²) in [5.41, 5.74) is 6.49. The van der Waals surface area contributed by atoms with Crippen LogP contribution in [-0.4, -0.2) is 0 Å². The molecule has 2 aromatic rings. The van der Waals surface area contributed by atoms with Gasteiger partial charge in [-0.15, -0.1) is 0 Å². The smallest absolute Gasteiger partial charge is 0.112 e. The van der Waals surface area contributed by atoms with Crippen molar-refractivity contribution in [2.45, 2.75) is 40.0 Å². The third kappa shape index (κ3) is 3.17. The Hall–Kier alpha value is -1.76. The summed E-state index contributed by atoms with van der Waals surface area (Å²) in [4.78, 5) is 0. The van der Waals surface area contributed by atoms with Crippen LogP contribution in [0.2, 0.25) is 0 Å². The molecule has 0 aliphatic rings. The Kier molecular flexibility index (Phi) is 4.26. The Morgan fingerprint density at radius 3 is 2.58 bits per heavy atom. The van der Waals surface area contributed by atoms with Crippen molar-refractivity contribution >= 4 is 0 Å². The highest BCUT2D eigenvalue weighted by Gasteiger charge is 2.07. The highest BCUT2D eigenvalue weighted by atomic mass is 14.9. The summed E-state index contributed by atoms with van der Waals surface area (Å²) in [6.45, 7) is 6.54. The normalized spacial score (nSPS) is 10.7. The number of unbranched alkanes of at least 4 members (excludes halogenated alkanes) is 1. The number of pyridine rings is 1. The molecule has 0 saturated heterocycles. The summed E-state index contributed by atoms with van der Waals surface area (Å²) in [7, 11) is 4.07. The minimum absolute atomic E-state index is 1.18. The molecule has 0 aliphatic heterocycles. The molecular weight excluding hydrogens is 230 g/mol. The monoisotopic (exact) mass is 253 g/mol. The average Bonchev–Trinajstić information content (AvgIpc) is 2.40. The van der Waals surface area contributed by atoms with Crippen molar-refractivity contribution in [2.24, 2.45) is 0 Å². The molecule has 0 saturated carbocycles. The summed E-state index contributed by atoms with van der Waals surface area (Å²) in [6, 6.07) is 11.1. The van der Waals surface area contributed by atoms with E-state index in [1.807, 2.05) is 10.8 Å². The van der Waals surface area contributed by atoms with Gasteiger partial charge < -0.3 is 4.57 Å². The van der Waals surface area contributed by atoms with E-state index < -0.39 is 0 Å². The van der Waals surface area contributed by atoms with E-state index in [4.69, 9.17) is 0 Å². The van der Waals surface area contributed by atoms with Crippen LogP contribution in [0.4, 0.5) is 0 Å². The summed E-state index contributed by atoms with van der Waals surface area (Å²) >= 11 is 0. The highest BCUT2D eigenvalue weighted by Crippen LogP contribution is 2.22. The lowest BCUT2D eigenvalue weighted by Crippen LogP contribution is -2.28. The van der Waals surface area contributed by atoms with Gasteiger partial charge in [0.05, 0.1) is 6.20 Å². The maximum Gasteiger partial charge on any atom is 0.112 e. The summed E-state index contributed by atoms with van der Waals surface area (Å²) in [5.74, 6) is 0. The Bertz CT molecular complexity index is 570. The van der Waals surface area contributed by atoms with E-state index in [-0.39, 0.29) is 0 Å². The molecule has 0 amide bonds. The molecule has 0 spiro atoms. The number of aromatic nitrogens is 1. The van der Waals surface area contributed by atoms with Crippen LogP contribution in [0.15, 0.2) is 36.5 Å². The second kappa shape index (κ2) is 5.92. The van der Waals surface area contributed by atoms with Crippen LogP contribution in [0.25, 0.3) is 11.3 Å². The second-order valence-corrected chi connectivity index (χ2v) is 5.31. The molecule has 0 radical (unpaired) electrons. The van der Waals surface area contributed by atoms with Gasteiger partial charge >= 0.3 is 0 Å². The van der Waals surface area contributed by atoms with E-state index in [2.05, 4.69) is 58.2 Å². The van der Waals surface area contributed by atoms with Gasteiger partial charge in [-0.1, -0.05) is 43.2 Å². The number of aryl methyl sites for hydroxylation is 3. The first-order chi connectivity index (χ1) is 9.11. The zero-order valence-electron chi connectivity index (χ0n) is 12.2. The third-order valence-corrected chi connectivity index (χ3v) is 3.58. The van der Waals surface area contributed by atoms with E-state index in [9.17, 15) is 0 Å². The van der Waals surface area contributed by atoms with Gasteiger partial charge in [0.15, 0.2) is 0 Å². The van der Waals surface area contributed by atoms with Gasteiger partial charge in [0, 0.05) is 7.05 Å². The fourth-order valence-corrected chi connectivity index (χ4v) is 2.42. The lowest BCUT2D eigenvalue weighted by atomic mass is 9.98. The Morgan fingerprint density at radius 1 is 1.11 bits per heavy atom. The second-order valence-electron chi connectivity index (χ2n) is 5.31. The molecule has 0 fully saturated rings. The topological polar surface area (TPSA) is 3.88 Å². The van der Waals surface area contributed by atoms with Crippen LogP contribution >= 0.6 is 0 Å². The molecule has 0 aliphatic carbocycles. The van der Waals surface area contributed by atoms with Crippen LogP contribution in [0.5, 0.6) is 0 Å². The molecule has 0 atom stereocenters. The van der Waals surface area contributed by atoms with Gasteiger partial charge in [-0.25, -0.2) is 0 Å². The van der Waals surface area contributed by atoms with E-state index in [1.54, 1.807) is 0 Å². The van der Waals surface area contributed by atoms with E-state index in [1.165, 1.54) is 47.2 Å². The summed E-state index contributed by atoms with van der Waals surface area (Å²) < 4.78 is 1.95. The molecule has 19 heavy (non-hydrogen) atoms. The predicted molar refractivity (Wildman–Crippen MR) is 80.9 cm³/mol. The van der Waals surface area contributed by atoms with Gasteiger partial charge in [-0.2, -0.15) is 0 Å². The molecule has 100 valence electrons. The lowest BCUT2D eigenvalue weighted by molar-refractivity contribution is -0.600. The lowest BCUT2D eigenvalue weighted by Gasteiger charge is -2.12. The van der Waals surface area contributed by atoms with Crippen molar-refractivity contribution in [3.8, 4) is 11.3 Å². The standard InChI is InChI=1S/C18H23N/c1-5-6-7-16-8-9-17(15(3)13-16)18-12-14(2)10-11-19(18)4/h8-13H,4-7H2,1-3H3. The number of benzene rings is 1. The van der Waals surface area contributed by atoms with Crippen molar-refractivity contribution in [2.75, 3.05) is 0 Å². The Morgan fingerprint density at radius 2 is 1.89 bits per heavy atom. The molecule has 1 nitrogen and oxygen atoms in total. The molecular formula is C18H23N. The maximum absolute atomic E-state index is 4.07. The SMILES string of the molecule is [CH2-][n+]1ccc(C)cc1-c1ccc(CCCC)cc1C. The highest BCUT2D eigenvalue weighted by molar-refractivity contribution is 5.62. The van der Waals surface area contributed by atoms with E-state index in [0.717, 1.165) is 0 Å². The van der Waals surface area contributed by atoms with Crippen molar-refractivity contribution in [3.05, 3.63) is 60.3 Å². The van der Waals surface area contributed by atoms with Gasteiger partial charge in [-0.3, -0.25) is 0 Å². The quantitative estimate of drug-likeness (QED) is 0.567. The van der Waals surface area contributed by atoms with Crippen molar-refractivity contribution in [1.29, 1.82) is 0 Å². The molecule has 1 aromatic heterocycles. The minimum atomic E-state index is 1.18. The predicted octanol–water partition coefficient (Wildman–Crippen LogP) is 4.24. The minimum Gasteiger partial charge on any atom is -0.333 e. The number of hydrogen-bond acceptors (Lipinski definition) is 0. The molecule has 1 heterocycles. The largest absolute Gasteiger partial charge is 0.333 e. The van der Waals surface area contributed by atoms with Crippen LogP contribution in [0, 0.1) is 20.9 Å². The van der Waals surface area contributed by atoms with Gasteiger partial charge in [0.1, 0.15) is 5.69 Å². The van der Waals surface area contributed by atoms with Crippen molar-refractivity contribution in [3.63, 3.8) is 0 Å². The first kappa shape index (κ1) is 13.7. The van der Waals surface area contributed by atoms with Crippen molar-refractivity contribution in [1.82, 2.24) is 0 Å². The average molecular weight is 253 g/mol. The van der Waals surface area contributed by atoms with Crippen LogP contribution in [0.3, 0.4) is 0 Å². The fourth-order valence-electron chi connectivity index (χ4n) is 2.42. The molecule has 0 unspecified atom stereocenters. The number of rotatable bonds is 4. The molecule has 0 N–H and O–H groups in total. The number of hydrogen-bond donors (Lipinski definition) is 0. The van der Waals surface area contributed by atoms with Gasteiger partial charge in [0.2, 0.25) is 0 Å². The van der Waals surface area contributed by atoms with Gasteiger partial charge in [-0.05, 0) is 49.4 Å². The molecule has 1 aromatic carbocycles. The Balaban J connectivity index is 2.37. The van der Waals surface area contributed by atoms with Gasteiger partial charge in [0.25, 0.3) is 0 Å². The van der Waals surface area contributed by atoms with Crippen LogP contribution in [-0.2, 0) is 6.42 Å². The van der Waals surface area contributed by atoms with E-state index in [0.29, 0.717) is 0 Å². The fraction of sp³-hybridized carbons (Fsp3) is 0.333. The molecule has 0 bridgehead atoms. The number of nitrogens with zero attached hydrogens (tertiary/aromatic N) is 1. The first-order valence-corrected chi connectivity index (χ1v) is 7.05. The molecule has 1 heteroatoms. The zero-order chi connectivity index (χ0) is 13.8. The van der Waals surface area contributed by atoms with Crippen LogP contribution < -0.4 is 4.57 Å². The summed E-state index contributed by atoms with van der Waals surface area (Å²) in [5, 5.41) is 0. The van der Waals surface area contributed by atoms with Crippen molar-refractivity contribution < 1.29 is 4.57 Å². The molecule has 2 rings (SSSR count). The zero-order valence-corrected chi connectivity index (χ0v) is 12.2. The first-order valence-electron chi connectivity index (χ1n) is 7.05. The summed E-state index contributed by atoms with van der Waals surface area (Å²) in [6.07, 6.45) is 5.71. The maximum atomic E-state index is 4.07.